The maximum Gasteiger partial charge on any atom is 0.226 e. The summed E-state index contributed by atoms with van der Waals surface area (Å²) in [6, 6.07) is 5.45. The number of carbonyl (C=O) groups excluding carboxylic acids is 1. The zero-order valence-corrected chi connectivity index (χ0v) is 17.3. The second-order valence-corrected chi connectivity index (χ2v) is 7.59. The SMILES string of the molecule is CN=C(NCCC(=O)Nc1cccc(Cl)c1C)NCC(OC)C(C)(C)C. The van der Waals surface area contributed by atoms with E-state index in [0.717, 1.165) is 11.3 Å². The highest BCUT2D eigenvalue weighted by molar-refractivity contribution is 6.31. The lowest BCUT2D eigenvalue weighted by atomic mass is 9.89. The first-order chi connectivity index (χ1) is 12.2. The number of amides is 1. The predicted octanol–water partition coefficient (Wildman–Crippen LogP) is 3.20. The topological polar surface area (TPSA) is 74.8 Å². The molecule has 146 valence electrons. The minimum atomic E-state index is -0.0808. The minimum Gasteiger partial charge on any atom is -0.379 e. The van der Waals surface area contributed by atoms with Crippen molar-refractivity contribution in [2.75, 3.05) is 32.6 Å². The largest absolute Gasteiger partial charge is 0.379 e. The van der Waals surface area contributed by atoms with Gasteiger partial charge in [0, 0.05) is 44.4 Å². The van der Waals surface area contributed by atoms with Crippen molar-refractivity contribution >= 4 is 29.2 Å². The summed E-state index contributed by atoms with van der Waals surface area (Å²) in [5, 5.41) is 9.89. The zero-order chi connectivity index (χ0) is 19.7. The third kappa shape index (κ3) is 7.22. The molecule has 1 amide bonds. The molecule has 7 heteroatoms. The Morgan fingerprint density at radius 1 is 1.31 bits per heavy atom. The number of hydrogen-bond acceptors (Lipinski definition) is 3. The Bertz CT molecular complexity index is 626. The van der Waals surface area contributed by atoms with Gasteiger partial charge in [0.25, 0.3) is 0 Å². The van der Waals surface area contributed by atoms with E-state index in [1.165, 1.54) is 0 Å². The maximum absolute atomic E-state index is 12.1. The van der Waals surface area contributed by atoms with E-state index >= 15 is 0 Å². The number of hydrogen-bond donors (Lipinski definition) is 3. The van der Waals surface area contributed by atoms with Crippen molar-refractivity contribution in [1.82, 2.24) is 10.6 Å². The van der Waals surface area contributed by atoms with Crippen molar-refractivity contribution in [2.45, 2.75) is 40.2 Å². The molecule has 26 heavy (non-hydrogen) atoms. The van der Waals surface area contributed by atoms with Gasteiger partial charge in [-0.3, -0.25) is 9.79 Å². The molecule has 3 N–H and O–H groups in total. The van der Waals surface area contributed by atoms with Crippen LogP contribution in [0.25, 0.3) is 0 Å². The van der Waals surface area contributed by atoms with Crippen molar-refractivity contribution in [3.63, 3.8) is 0 Å². The summed E-state index contributed by atoms with van der Waals surface area (Å²) in [7, 11) is 3.40. The molecule has 1 rings (SSSR count). The first-order valence-corrected chi connectivity index (χ1v) is 9.09. The highest BCUT2D eigenvalue weighted by atomic mass is 35.5. The highest BCUT2D eigenvalue weighted by Crippen LogP contribution is 2.23. The van der Waals surface area contributed by atoms with Crippen LogP contribution in [-0.4, -0.2) is 45.2 Å². The Hall–Kier alpha value is -1.79. The molecule has 0 aliphatic carbocycles. The van der Waals surface area contributed by atoms with Crippen LogP contribution < -0.4 is 16.0 Å². The lowest BCUT2D eigenvalue weighted by Crippen LogP contribution is -2.45. The highest BCUT2D eigenvalue weighted by Gasteiger charge is 2.24. The Labute approximate surface area is 161 Å². The number of halogens is 1. The van der Waals surface area contributed by atoms with Gasteiger partial charge >= 0.3 is 0 Å². The predicted molar refractivity (Wildman–Crippen MR) is 109 cm³/mol. The lowest BCUT2D eigenvalue weighted by molar-refractivity contribution is -0.116. The Balaban J connectivity index is 2.42. The van der Waals surface area contributed by atoms with Crippen LogP contribution in [0.4, 0.5) is 5.69 Å². The number of aliphatic imine (C=N–C) groups is 1. The number of nitrogens with one attached hydrogen (secondary N) is 3. The van der Waals surface area contributed by atoms with E-state index in [2.05, 4.69) is 41.7 Å². The standard InChI is InChI=1S/C19H31ClN4O2/c1-13-14(20)8-7-9-15(13)24-17(25)10-11-22-18(21-5)23-12-16(26-6)19(2,3)4/h7-9,16H,10-12H2,1-6H3,(H,24,25)(H2,21,22,23). The van der Waals surface area contributed by atoms with Crippen LogP contribution in [0, 0.1) is 12.3 Å². The third-order valence-corrected chi connectivity index (χ3v) is 4.52. The van der Waals surface area contributed by atoms with Crippen molar-refractivity contribution in [3.8, 4) is 0 Å². The van der Waals surface area contributed by atoms with Gasteiger partial charge in [0.05, 0.1) is 6.10 Å². The van der Waals surface area contributed by atoms with Gasteiger partial charge in [-0.25, -0.2) is 0 Å². The fourth-order valence-corrected chi connectivity index (χ4v) is 2.58. The Morgan fingerprint density at radius 2 is 2.00 bits per heavy atom. The van der Waals surface area contributed by atoms with Gasteiger partial charge in [0.1, 0.15) is 0 Å². The molecule has 0 bridgehead atoms. The number of guanidine groups is 1. The molecule has 0 spiro atoms. The van der Waals surface area contributed by atoms with Gasteiger partial charge in [-0.15, -0.1) is 0 Å². The number of rotatable bonds is 7. The molecule has 1 aromatic rings. The number of ether oxygens (including phenoxy) is 1. The van der Waals surface area contributed by atoms with E-state index in [1.54, 1.807) is 20.2 Å². The van der Waals surface area contributed by atoms with Crippen molar-refractivity contribution < 1.29 is 9.53 Å². The fourth-order valence-electron chi connectivity index (χ4n) is 2.40. The molecule has 0 aliphatic heterocycles. The van der Waals surface area contributed by atoms with E-state index in [9.17, 15) is 4.79 Å². The summed E-state index contributed by atoms with van der Waals surface area (Å²) in [6.45, 7) is 9.36. The van der Waals surface area contributed by atoms with Crippen molar-refractivity contribution in [1.29, 1.82) is 0 Å². The number of methoxy groups -OCH3 is 1. The molecule has 0 aliphatic rings. The molecule has 0 fully saturated rings. The Morgan fingerprint density at radius 3 is 2.58 bits per heavy atom. The summed E-state index contributed by atoms with van der Waals surface area (Å²) in [5.74, 6) is 0.561. The molecule has 0 saturated carbocycles. The molecule has 0 aromatic heterocycles. The van der Waals surface area contributed by atoms with E-state index in [0.29, 0.717) is 30.5 Å². The van der Waals surface area contributed by atoms with Crippen LogP contribution in [-0.2, 0) is 9.53 Å². The van der Waals surface area contributed by atoms with Crippen LogP contribution in [0.2, 0.25) is 5.02 Å². The van der Waals surface area contributed by atoms with Crippen molar-refractivity contribution in [2.24, 2.45) is 10.4 Å². The average Bonchev–Trinajstić information content (AvgIpc) is 2.56. The van der Waals surface area contributed by atoms with E-state index in [1.807, 2.05) is 19.1 Å². The van der Waals surface area contributed by atoms with Gasteiger partial charge in [-0.05, 0) is 30.0 Å². The van der Waals surface area contributed by atoms with Gasteiger partial charge < -0.3 is 20.7 Å². The quantitative estimate of drug-likeness (QED) is 0.500. The van der Waals surface area contributed by atoms with Crippen LogP contribution in [0.5, 0.6) is 0 Å². The molecule has 1 aromatic carbocycles. The zero-order valence-electron chi connectivity index (χ0n) is 16.6. The molecule has 0 radical (unpaired) electrons. The minimum absolute atomic E-state index is 0.0231. The average molecular weight is 383 g/mol. The van der Waals surface area contributed by atoms with Gasteiger partial charge in [-0.1, -0.05) is 38.4 Å². The summed E-state index contributed by atoms with van der Waals surface area (Å²) >= 11 is 6.07. The number of benzene rings is 1. The van der Waals surface area contributed by atoms with Crippen molar-refractivity contribution in [3.05, 3.63) is 28.8 Å². The lowest BCUT2D eigenvalue weighted by Gasteiger charge is -2.30. The molecular weight excluding hydrogens is 352 g/mol. The summed E-state index contributed by atoms with van der Waals surface area (Å²) < 4.78 is 5.52. The number of carbonyl (C=O) groups is 1. The van der Waals surface area contributed by atoms with Gasteiger partial charge in [0.15, 0.2) is 5.96 Å². The summed E-state index contributed by atoms with van der Waals surface area (Å²) in [5.41, 5.74) is 1.62. The van der Waals surface area contributed by atoms with Crippen LogP contribution in [0.15, 0.2) is 23.2 Å². The molecule has 1 unspecified atom stereocenters. The monoisotopic (exact) mass is 382 g/mol. The normalized spacial score (nSPS) is 13.3. The van der Waals surface area contributed by atoms with E-state index < -0.39 is 0 Å². The third-order valence-electron chi connectivity index (χ3n) is 4.12. The summed E-state index contributed by atoms with van der Waals surface area (Å²) in [4.78, 5) is 16.3. The Kier molecular flexibility index (Phi) is 8.88. The molecule has 0 heterocycles. The smallest absolute Gasteiger partial charge is 0.226 e. The number of nitrogens with zero attached hydrogens (tertiary/aromatic N) is 1. The molecular formula is C19H31ClN4O2. The second kappa shape index (κ2) is 10.4. The molecule has 6 nitrogen and oxygen atoms in total. The first-order valence-electron chi connectivity index (χ1n) is 8.71. The number of anilines is 1. The molecule has 1 atom stereocenters. The van der Waals surface area contributed by atoms with Gasteiger partial charge in [0.2, 0.25) is 5.91 Å². The van der Waals surface area contributed by atoms with Crippen LogP contribution in [0.1, 0.15) is 32.8 Å². The second-order valence-electron chi connectivity index (χ2n) is 7.18. The van der Waals surface area contributed by atoms with Crippen LogP contribution >= 0.6 is 11.6 Å². The molecule has 0 saturated heterocycles. The van der Waals surface area contributed by atoms with Gasteiger partial charge in [-0.2, -0.15) is 0 Å². The summed E-state index contributed by atoms with van der Waals surface area (Å²) in [6.07, 6.45) is 0.370. The fraction of sp³-hybridized carbons (Fsp3) is 0.579. The maximum atomic E-state index is 12.1. The van der Waals surface area contributed by atoms with E-state index in [4.69, 9.17) is 16.3 Å². The van der Waals surface area contributed by atoms with Crippen LogP contribution in [0.3, 0.4) is 0 Å². The first kappa shape index (κ1) is 22.3. The van der Waals surface area contributed by atoms with E-state index in [-0.39, 0.29) is 17.4 Å².